The Kier molecular flexibility index (Phi) is 3.36. The van der Waals surface area contributed by atoms with Crippen molar-refractivity contribution in [3.05, 3.63) is 23.4 Å². The van der Waals surface area contributed by atoms with Gasteiger partial charge in [-0.3, -0.25) is 5.84 Å². The predicted octanol–water partition coefficient (Wildman–Crippen LogP) is 2.42. The fourth-order valence-electron chi connectivity index (χ4n) is 2.97. The lowest BCUT2D eigenvalue weighted by Crippen LogP contribution is -2.15. The number of aryl methyl sites for hydroxylation is 1. The fourth-order valence-corrected chi connectivity index (χ4v) is 2.97. The molecule has 3 rings (SSSR count). The van der Waals surface area contributed by atoms with E-state index in [2.05, 4.69) is 5.43 Å². The van der Waals surface area contributed by atoms with Crippen molar-refractivity contribution in [2.45, 2.75) is 25.7 Å². The zero-order chi connectivity index (χ0) is 14.1. The molecule has 1 aliphatic carbocycles. The molecule has 106 valence electrons. The van der Waals surface area contributed by atoms with Crippen molar-refractivity contribution in [3.63, 3.8) is 0 Å². The van der Waals surface area contributed by atoms with Gasteiger partial charge in [-0.25, -0.2) is 4.98 Å². The van der Waals surface area contributed by atoms with Crippen molar-refractivity contribution < 1.29 is 9.47 Å². The lowest BCUT2D eigenvalue weighted by Gasteiger charge is -2.22. The van der Waals surface area contributed by atoms with Gasteiger partial charge in [0.15, 0.2) is 0 Å². The van der Waals surface area contributed by atoms with Crippen LogP contribution in [0.15, 0.2) is 12.1 Å². The topological polar surface area (TPSA) is 69.4 Å². The van der Waals surface area contributed by atoms with Crippen molar-refractivity contribution in [1.82, 2.24) is 4.98 Å². The largest absolute Gasteiger partial charge is 0.496 e. The Hall–Kier alpha value is -2.01. The average molecular weight is 273 g/mol. The Morgan fingerprint density at radius 1 is 1.10 bits per heavy atom. The molecule has 0 radical (unpaired) electrons. The third kappa shape index (κ3) is 1.86. The number of methoxy groups -OCH3 is 2. The summed E-state index contributed by atoms with van der Waals surface area (Å²) in [6, 6.07) is 3.77. The van der Waals surface area contributed by atoms with Gasteiger partial charge < -0.3 is 14.9 Å². The number of nitrogens with zero attached hydrogens (tertiary/aromatic N) is 1. The van der Waals surface area contributed by atoms with Crippen LogP contribution in [0.25, 0.3) is 10.9 Å². The van der Waals surface area contributed by atoms with E-state index in [1.165, 1.54) is 18.4 Å². The summed E-state index contributed by atoms with van der Waals surface area (Å²) in [5, 5.41) is 0.898. The van der Waals surface area contributed by atoms with E-state index in [0.717, 1.165) is 46.6 Å². The Morgan fingerprint density at radius 2 is 1.80 bits per heavy atom. The summed E-state index contributed by atoms with van der Waals surface area (Å²) in [5.74, 6) is 7.28. The fraction of sp³-hybridized carbons (Fsp3) is 0.400. The number of hydrogen-bond acceptors (Lipinski definition) is 5. The molecule has 1 aromatic carbocycles. The van der Waals surface area contributed by atoms with Crippen LogP contribution in [0.5, 0.6) is 11.5 Å². The second kappa shape index (κ2) is 5.17. The molecule has 20 heavy (non-hydrogen) atoms. The van der Waals surface area contributed by atoms with E-state index in [9.17, 15) is 0 Å². The third-order valence-electron chi connectivity index (χ3n) is 3.92. The average Bonchev–Trinajstić information content (AvgIpc) is 2.51. The number of nitrogens with one attached hydrogen (secondary N) is 1. The summed E-state index contributed by atoms with van der Waals surface area (Å²) in [6.07, 6.45) is 4.32. The SMILES string of the molecule is COc1ccc(OC)c2c(NN)c3c(nc12)CCCC3. The Morgan fingerprint density at radius 3 is 2.50 bits per heavy atom. The number of aromatic nitrogens is 1. The van der Waals surface area contributed by atoms with Gasteiger partial charge in [0.05, 0.1) is 25.3 Å². The zero-order valence-corrected chi connectivity index (χ0v) is 11.8. The molecular weight excluding hydrogens is 254 g/mol. The quantitative estimate of drug-likeness (QED) is 0.664. The number of hydrogen-bond donors (Lipinski definition) is 2. The lowest BCUT2D eigenvalue weighted by molar-refractivity contribution is 0.409. The maximum atomic E-state index is 5.78. The minimum Gasteiger partial charge on any atom is -0.496 e. The monoisotopic (exact) mass is 273 g/mol. The molecule has 2 aromatic rings. The number of benzene rings is 1. The highest BCUT2D eigenvalue weighted by atomic mass is 16.5. The standard InChI is InChI=1S/C15H19N3O2/c1-19-11-7-8-12(20-2)15-13(11)14(18-16)9-5-3-4-6-10(9)17-15/h7-8H,3-6,16H2,1-2H3,(H,17,18). The van der Waals surface area contributed by atoms with Gasteiger partial charge in [-0.2, -0.15) is 0 Å². The Labute approximate surface area is 118 Å². The van der Waals surface area contributed by atoms with Gasteiger partial charge >= 0.3 is 0 Å². The van der Waals surface area contributed by atoms with Crippen LogP contribution in [0, 0.1) is 0 Å². The number of rotatable bonds is 3. The van der Waals surface area contributed by atoms with Crippen molar-refractivity contribution in [2.24, 2.45) is 5.84 Å². The molecule has 0 amide bonds. The van der Waals surface area contributed by atoms with Gasteiger partial charge in [-0.05, 0) is 43.4 Å². The molecule has 0 atom stereocenters. The van der Waals surface area contributed by atoms with Crippen LogP contribution in [-0.2, 0) is 12.8 Å². The van der Waals surface area contributed by atoms with Gasteiger partial charge in [0, 0.05) is 5.69 Å². The Balaban J connectivity index is 2.41. The summed E-state index contributed by atoms with van der Waals surface area (Å²) in [6.45, 7) is 0. The van der Waals surface area contributed by atoms with Crippen LogP contribution in [0.2, 0.25) is 0 Å². The number of nitrogens with two attached hydrogens (primary N) is 1. The molecule has 1 aliphatic rings. The minimum atomic E-state index is 0.741. The first-order valence-corrected chi connectivity index (χ1v) is 6.83. The maximum absolute atomic E-state index is 5.78. The first-order chi connectivity index (χ1) is 9.80. The molecule has 1 aromatic heterocycles. The number of ether oxygens (including phenoxy) is 2. The highest BCUT2D eigenvalue weighted by molar-refractivity contribution is 6.01. The molecule has 0 aliphatic heterocycles. The van der Waals surface area contributed by atoms with E-state index in [1.54, 1.807) is 14.2 Å². The predicted molar refractivity (Wildman–Crippen MR) is 79.3 cm³/mol. The number of anilines is 1. The first-order valence-electron chi connectivity index (χ1n) is 6.83. The number of pyridine rings is 1. The number of nitrogen functional groups attached to an aromatic ring is 1. The smallest absolute Gasteiger partial charge is 0.145 e. The van der Waals surface area contributed by atoms with E-state index >= 15 is 0 Å². The van der Waals surface area contributed by atoms with Crippen molar-refractivity contribution in [2.75, 3.05) is 19.6 Å². The van der Waals surface area contributed by atoms with Crippen LogP contribution in [0.1, 0.15) is 24.1 Å². The summed E-state index contributed by atoms with van der Waals surface area (Å²) < 4.78 is 10.9. The van der Waals surface area contributed by atoms with Gasteiger partial charge in [-0.1, -0.05) is 0 Å². The molecule has 0 unspecified atom stereocenters. The van der Waals surface area contributed by atoms with Gasteiger partial charge in [0.2, 0.25) is 0 Å². The Bertz CT molecular complexity index is 655. The molecule has 0 saturated carbocycles. The molecule has 0 saturated heterocycles. The molecule has 5 heteroatoms. The van der Waals surface area contributed by atoms with Gasteiger partial charge in [-0.15, -0.1) is 0 Å². The lowest BCUT2D eigenvalue weighted by atomic mass is 9.92. The van der Waals surface area contributed by atoms with Crippen molar-refractivity contribution in [1.29, 1.82) is 0 Å². The summed E-state index contributed by atoms with van der Waals surface area (Å²) in [7, 11) is 3.30. The van der Waals surface area contributed by atoms with Crippen molar-refractivity contribution >= 4 is 16.6 Å². The highest BCUT2D eigenvalue weighted by Crippen LogP contribution is 2.41. The second-order valence-corrected chi connectivity index (χ2v) is 4.96. The van der Waals surface area contributed by atoms with Gasteiger partial charge in [0.1, 0.15) is 17.0 Å². The van der Waals surface area contributed by atoms with E-state index in [1.807, 2.05) is 12.1 Å². The zero-order valence-electron chi connectivity index (χ0n) is 11.8. The van der Waals surface area contributed by atoms with Crippen LogP contribution >= 0.6 is 0 Å². The normalized spacial score (nSPS) is 13.9. The van der Waals surface area contributed by atoms with Crippen LogP contribution < -0.4 is 20.7 Å². The van der Waals surface area contributed by atoms with E-state index < -0.39 is 0 Å². The molecular formula is C15H19N3O2. The van der Waals surface area contributed by atoms with Gasteiger partial charge in [0.25, 0.3) is 0 Å². The molecule has 0 bridgehead atoms. The molecule has 5 nitrogen and oxygen atoms in total. The molecule has 1 heterocycles. The third-order valence-corrected chi connectivity index (χ3v) is 3.92. The minimum absolute atomic E-state index is 0.741. The van der Waals surface area contributed by atoms with E-state index in [-0.39, 0.29) is 0 Å². The molecule has 3 N–H and O–H groups in total. The number of fused-ring (bicyclic) bond motifs is 2. The van der Waals surface area contributed by atoms with E-state index in [0.29, 0.717) is 0 Å². The maximum Gasteiger partial charge on any atom is 0.145 e. The summed E-state index contributed by atoms with van der Waals surface area (Å²) in [5.41, 5.74) is 6.89. The van der Waals surface area contributed by atoms with Crippen LogP contribution in [0.3, 0.4) is 0 Å². The van der Waals surface area contributed by atoms with Crippen LogP contribution in [-0.4, -0.2) is 19.2 Å². The summed E-state index contributed by atoms with van der Waals surface area (Å²) in [4.78, 5) is 4.80. The second-order valence-electron chi connectivity index (χ2n) is 4.96. The summed E-state index contributed by atoms with van der Waals surface area (Å²) >= 11 is 0. The first kappa shape index (κ1) is 13.0. The van der Waals surface area contributed by atoms with Crippen molar-refractivity contribution in [3.8, 4) is 11.5 Å². The number of hydrazine groups is 1. The van der Waals surface area contributed by atoms with E-state index in [4.69, 9.17) is 20.3 Å². The molecule has 0 spiro atoms. The highest BCUT2D eigenvalue weighted by Gasteiger charge is 2.21. The van der Waals surface area contributed by atoms with Crippen LogP contribution in [0.4, 0.5) is 5.69 Å². The molecule has 0 fully saturated rings.